The van der Waals surface area contributed by atoms with Gasteiger partial charge in [0.05, 0.1) is 12.0 Å². The molecule has 2 rings (SSSR count). The minimum atomic E-state index is -0.439. The first kappa shape index (κ1) is 11.6. The Balaban J connectivity index is 2.13. The van der Waals surface area contributed by atoms with Gasteiger partial charge in [-0.1, -0.05) is 6.92 Å². The number of aromatic nitrogens is 1. The number of ether oxygens (including phenoxy) is 1. The molecule has 6 heteroatoms. The van der Waals surface area contributed by atoms with Gasteiger partial charge in [-0.3, -0.25) is 10.1 Å². The van der Waals surface area contributed by atoms with Crippen LogP contribution in [-0.4, -0.2) is 23.6 Å². The number of nitrogens with zero attached hydrogens (tertiary/aromatic N) is 2. The third-order valence-corrected chi connectivity index (χ3v) is 3.06. The van der Waals surface area contributed by atoms with Gasteiger partial charge in [0.2, 0.25) is 11.7 Å². The van der Waals surface area contributed by atoms with Gasteiger partial charge in [0, 0.05) is 18.7 Å². The summed E-state index contributed by atoms with van der Waals surface area (Å²) < 4.78 is 4.96. The molecular weight excluding hydrogens is 222 g/mol. The van der Waals surface area contributed by atoms with Crippen LogP contribution in [-0.2, 0) is 0 Å². The van der Waals surface area contributed by atoms with Gasteiger partial charge in [0.25, 0.3) is 0 Å². The van der Waals surface area contributed by atoms with Crippen molar-refractivity contribution < 1.29 is 9.66 Å². The molecule has 6 nitrogen and oxygen atoms in total. The third-order valence-electron chi connectivity index (χ3n) is 3.06. The molecule has 1 fully saturated rings. The van der Waals surface area contributed by atoms with Crippen molar-refractivity contribution in [1.29, 1.82) is 0 Å². The maximum Gasteiger partial charge on any atom is 0.311 e. The van der Waals surface area contributed by atoms with Crippen LogP contribution < -0.4 is 10.1 Å². The number of nitrogens with one attached hydrogen (secondary N) is 1. The van der Waals surface area contributed by atoms with Crippen molar-refractivity contribution in [3.8, 4) is 5.88 Å². The summed E-state index contributed by atoms with van der Waals surface area (Å²) in [4.78, 5) is 14.5. The molecule has 1 aliphatic rings. The van der Waals surface area contributed by atoms with Crippen molar-refractivity contribution in [2.45, 2.75) is 13.3 Å². The number of rotatable bonds is 5. The summed E-state index contributed by atoms with van der Waals surface area (Å²) in [6, 6.07) is 2.90. The van der Waals surface area contributed by atoms with Gasteiger partial charge >= 0.3 is 5.69 Å². The number of methoxy groups -OCH3 is 1. The molecule has 17 heavy (non-hydrogen) atoms. The molecular formula is C11H15N3O3. The van der Waals surface area contributed by atoms with Gasteiger partial charge in [0.15, 0.2) is 0 Å². The topological polar surface area (TPSA) is 77.3 Å². The van der Waals surface area contributed by atoms with Crippen LogP contribution in [0.15, 0.2) is 12.1 Å². The molecule has 2 atom stereocenters. The van der Waals surface area contributed by atoms with Crippen molar-refractivity contribution in [2.75, 3.05) is 19.0 Å². The van der Waals surface area contributed by atoms with E-state index in [0.717, 1.165) is 6.54 Å². The smallest absolute Gasteiger partial charge is 0.311 e. The average Bonchev–Trinajstić information content (AvgIpc) is 3.02. The molecule has 0 aliphatic heterocycles. The number of anilines is 1. The van der Waals surface area contributed by atoms with E-state index in [0.29, 0.717) is 17.7 Å². The molecule has 0 bridgehead atoms. The van der Waals surface area contributed by atoms with Gasteiger partial charge in [0.1, 0.15) is 0 Å². The van der Waals surface area contributed by atoms with E-state index in [-0.39, 0.29) is 11.5 Å². The van der Waals surface area contributed by atoms with Crippen LogP contribution in [0.4, 0.5) is 11.5 Å². The van der Waals surface area contributed by atoms with Crippen LogP contribution in [0.25, 0.3) is 0 Å². The molecule has 1 saturated carbocycles. The highest BCUT2D eigenvalue weighted by Gasteiger charge is 2.32. The summed E-state index contributed by atoms with van der Waals surface area (Å²) in [6.45, 7) is 2.89. The maximum absolute atomic E-state index is 10.8. The predicted octanol–water partition coefficient (Wildman–Crippen LogP) is 2.07. The van der Waals surface area contributed by atoms with Crippen molar-refractivity contribution in [3.05, 3.63) is 22.2 Å². The Morgan fingerprint density at radius 1 is 1.65 bits per heavy atom. The molecule has 1 aliphatic carbocycles. The number of pyridine rings is 1. The summed E-state index contributed by atoms with van der Waals surface area (Å²) >= 11 is 0. The van der Waals surface area contributed by atoms with Crippen LogP contribution in [0.3, 0.4) is 0 Å². The normalized spacial score (nSPS) is 22.0. The minimum absolute atomic E-state index is 0.0147. The molecule has 0 aromatic carbocycles. The van der Waals surface area contributed by atoms with E-state index in [1.165, 1.54) is 25.7 Å². The molecule has 1 aromatic heterocycles. The van der Waals surface area contributed by atoms with Gasteiger partial charge in [-0.15, -0.1) is 0 Å². The number of hydrogen-bond donors (Lipinski definition) is 1. The quantitative estimate of drug-likeness (QED) is 0.626. The van der Waals surface area contributed by atoms with Gasteiger partial charge in [-0.25, -0.2) is 0 Å². The van der Waals surface area contributed by atoms with E-state index in [1.807, 2.05) is 0 Å². The highest BCUT2D eigenvalue weighted by atomic mass is 16.6. The van der Waals surface area contributed by atoms with Gasteiger partial charge in [-0.05, 0) is 18.3 Å². The Morgan fingerprint density at radius 2 is 2.35 bits per heavy atom. The van der Waals surface area contributed by atoms with E-state index in [1.54, 1.807) is 0 Å². The SMILES string of the molecule is COc1ccc([N+](=O)[O-])c(NCC2CC2C)n1. The lowest BCUT2D eigenvalue weighted by Gasteiger charge is -2.07. The Morgan fingerprint density at radius 3 is 2.88 bits per heavy atom. The third kappa shape index (κ3) is 2.64. The molecule has 1 aromatic rings. The fourth-order valence-corrected chi connectivity index (χ4v) is 1.74. The lowest BCUT2D eigenvalue weighted by Crippen LogP contribution is -2.08. The van der Waals surface area contributed by atoms with E-state index in [9.17, 15) is 10.1 Å². The molecule has 1 heterocycles. The second-order valence-electron chi connectivity index (χ2n) is 4.33. The Labute approximate surface area is 99.2 Å². The monoisotopic (exact) mass is 237 g/mol. The highest BCUT2D eigenvalue weighted by molar-refractivity contribution is 5.57. The Bertz CT molecular complexity index is 436. The molecule has 92 valence electrons. The standard InChI is InChI=1S/C11H15N3O3/c1-7-5-8(7)6-12-11-9(14(15)16)3-4-10(13-11)17-2/h3-4,7-8H,5-6H2,1-2H3,(H,12,13). The molecule has 1 N–H and O–H groups in total. The second-order valence-corrected chi connectivity index (χ2v) is 4.33. The van der Waals surface area contributed by atoms with Crippen LogP contribution >= 0.6 is 0 Å². The molecule has 0 saturated heterocycles. The van der Waals surface area contributed by atoms with E-state index in [4.69, 9.17) is 4.74 Å². The summed E-state index contributed by atoms with van der Waals surface area (Å²) in [6.07, 6.45) is 1.17. The predicted molar refractivity (Wildman–Crippen MR) is 63.2 cm³/mol. The molecule has 2 unspecified atom stereocenters. The second kappa shape index (κ2) is 4.57. The summed E-state index contributed by atoms with van der Waals surface area (Å²) in [5.41, 5.74) is -0.0147. The van der Waals surface area contributed by atoms with Crippen LogP contribution in [0.5, 0.6) is 5.88 Å². The number of hydrogen-bond acceptors (Lipinski definition) is 5. The Kier molecular flexibility index (Phi) is 3.12. The zero-order chi connectivity index (χ0) is 12.4. The largest absolute Gasteiger partial charge is 0.481 e. The fourth-order valence-electron chi connectivity index (χ4n) is 1.74. The summed E-state index contributed by atoms with van der Waals surface area (Å²) in [5.74, 6) is 1.96. The van der Waals surface area contributed by atoms with Crippen molar-refractivity contribution in [3.63, 3.8) is 0 Å². The van der Waals surface area contributed by atoms with Crippen LogP contribution in [0, 0.1) is 22.0 Å². The lowest BCUT2D eigenvalue weighted by molar-refractivity contribution is -0.384. The zero-order valence-corrected chi connectivity index (χ0v) is 9.84. The van der Waals surface area contributed by atoms with Gasteiger partial charge in [-0.2, -0.15) is 4.98 Å². The average molecular weight is 237 g/mol. The summed E-state index contributed by atoms with van der Waals surface area (Å²) in [7, 11) is 1.49. The maximum atomic E-state index is 10.8. The van der Waals surface area contributed by atoms with E-state index < -0.39 is 4.92 Å². The molecule has 0 spiro atoms. The molecule has 0 radical (unpaired) electrons. The van der Waals surface area contributed by atoms with Crippen molar-refractivity contribution in [2.24, 2.45) is 11.8 Å². The first-order valence-corrected chi connectivity index (χ1v) is 5.55. The minimum Gasteiger partial charge on any atom is -0.481 e. The van der Waals surface area contributed by atoms with Crippen LogP contribution in [0.1, 0.15) is 13.3 Å². The fraction of sp³-hybridized carbons (Fsp3) is 0.545. The Hall–Kier alpha value is -1.85. The first-order valence-electron chi connectivity index (χ1n) is 5.55. The lowest BCUT2D eigenvalue weighted by atomic mass is 10.3. The van der Waals surface area contributed by atoms with Crippen molar-refractivity contribution in [1.82, 2.24) is 4.98 Å². The first-order chi connectivity index (χ1) is 8.11. The van der Waals surface area contributed by atoms with Crippen molar-refractivity contribution >= 4 is 11.5 Å². The highest BCUT2D eigenvalue weighted by Crippen LogP contribution is 2.38. The van der Waals surface area contributed by atoms with E-state index >= 15 is 0 Å². The molecule has 0 amide bonds. The zero-order valence-electron chi connectivity index (χ0n) is 9.84. The summed E-state index contributed by atoms with van der Waals surface area (Å²) in [5, 5.41) is 13.9. The number of nitro groups is 1. The van der Waals surface area contributed by atoms with Crippen LogP contribution in [0.2, 0.25) is 0 Å². The van der Waals surface area contributed by atoms with E-state index in [2.05, 4.69) is 17.2 Å². The van der Waals surface area contributed by atoms with Gasteiger partial charge < -0.3 is 10.1 Å².